The van der Waals surface area contributed by atoms with Crippen LogP contribution >= 0.6 is 11.3 Å². The van der Waals surface area contributed by atoms with Crippen molar-refractivity contribution in [2.75, 3.05) is 4.72 Å². The Morgan fingerprint density at radius 3 is 2.43 bits per heavy atom. The van der Waals surface area contributed by atoms with Crippen molar-refractivity contribution in [1.29, 1.82) is 0 Å². The molecule has 35 heavy (non-hydrogen) atoms. The van der Waals surface area contributed by atoms with Gasteiger partial charge in [0.2, 0.25) is 0 Å². The van der Waals surface area contributed by atoms with Crippen LogP contribution in [0.25, 0.3) is 10.2 Å². The van der Waals surface area contributed by atoms with E-state index in [1.807, 2.05) is 10.6 Å². The molecular weight excluding hydrogens is 485 g/mol. The Morgan fingerprint density at radius 1 is 1.11 bits per heavy atom. The number of nitrogens with one attached hydrogen (secondary N) is 1. The zero-order valence-electron chi connectivity index (χ0n) is 19.2. The molecule has 6 nitrogen and oxygen atoms in total. The summed E-state index contributed by atoms with van der Waals surface area (Å²) in [7, 11) is -3.88. The van der Waals surface area contributed by atoms with Gasteiger partial charge in [-0.3, -0.25) is 9.52 Å². The van der Waals surface area contributed by atoms with E-state index >= 15 is 0 Å². The molecule has 180 valence electrons. The summed E-state index contributed by atoms with van der Waals surface area (Å²) in [5.74, 6) is -0.578. The highest BCUT2D eigenvalue weighted by Crippen LogP contribution is 2.24. The molecule has 4 rings (SSSR count). The van der Waals surface area contributed by atoms with Crippen LogP contribution in [0.1, 0.15) is 35.7 Å². The Labute approximate surface area is 207 Å². The van der Waals surface area contributed by atoms with Crippen molar-refractivity contribution in [3.8, 4) is 0 Å². The van der Waals surface area contributed by atoms with E-state index in [-0.39, 0.29) is 10.6 Å². The number of aromatic nitrogens is 1. The van der Waals surface area contributed by atoms with Crippen molar-refractivity contribution in [2.45, 2.75) is 31.2 Å². The quantitative estimate of drug-likeness (QED) is 0.325. The van der Waals surface area contributed by atoms with Crippen LogP contribution in [0.5, 0.6) is 0 Å². The van der Waals surface area contributed by atoms with Gasteiger partial charge in [0.15, 0.2) is 4.80 Å². The van der Waals surface area contributed by atoms with Gasteiger partial charge in [-0.05, 0) is 72.1 Å². The molecule has 0 fully saturated rings. The Hall–Kier alpha value is -3.56. The number of thiazole rings is 1. The number of hydrogen-bond donors (Lipinski definition) is 1. The second-order valence-corrected chi connectivity index (χ2v) is 10.9. The summed E-state index contributed by atoms with van der Waals surface area (Å²) < 4.78 is 43.5. The van der Waals surface area contributed by atoms with Crippen molar-refractivity contribution in [3.63, 3.8) is 0 Å². The molecule has 0 spiro atoms. The van der Waals surface area contributed by atoms with E-state index in [9.17, 15) is 17.6 Å². The maximum absolute atomic E-state index is 13.1. The van der Waals surface area contributed by atoms with Crippen LogP contribution < -0.4 is 9.52 Å². The highest BCUT2D eigenvalue weighted by Gasteiger charge is 2.15. The van der Waals surface area contributed by atoms with Crippen molar-refractivity contribution in [3.05, 3.63) is 101 Å². The first-order valence-corrected chi connectivity index (χ1v) is 13.2. The van der Waals surface area contributed by atoms with Crippen molar-refractivity contribution in [2.24, 2.45) is 4.99 Å². The Kier molecular flexibility index (Phi) is 7.00. The molecule has 0 radical (unpaired) electrons. The van der Waals surface area contributed by atoms with Crippen LogP contribution in [-0.4, -0.2) is 18.9 Å². The second kappa shape index (κ2) is 9.97. The third-order valence-corrected chi connectivity index (χ3v) is 7.83. The maximum atomic E-state index is 13.1. The van der Waals surface area contributed by atoms with Crippen molar-refractivity contribution in [1.82, 2.24) is 4.57 Å². The van der Waals surface area contributed by atoms with Crippen molar-refractivity contribution < 1.29 is 17.6 Å². The van der Waals surface area contributed by atoms with Crippen LogP contribution in [0, 0.1) is 5.82 Å². The molecule has 1 N–H and O–H groups in total. The number of allylic oxidation sites excluding steroid dienone is 1. The highest BCUT2D eigenvalue weighted by molar-refractivity contribution is 7.92. The zero-order valence-corrected chi connectivity index (χ0v) is 20.9. The van der Waals surface area contributed by atoms with E-state index in [0.717, 1.165) is 22.3 Å². The minimum Gasteiger partial charge on any atom is -0.312 e. The van der Waals surface area contributed by atoms with Gasteiger partial charge in [-0.1, -0.05) is 37.3 Å². The molecule has 3 aromatic carbocycles. The maximum Gasteiger partial charge on any atom is 0.279 e. The Balaban J connectivity index is 1.61. The summed E-state index contributed by atoms with van der Waals surface area (Å²) in [5.41, 5.74) is 2.79. The predicted octanol–water partition coefficient (Wildman–Crippen LogP) is 5.69. The van der Waals surface area contributed by atoms with Crippen LogP contribution in [0.3, 0.4) is 0 Å². The van der Waals surface area contributed by atoms with Crippen LogP contribution in [-0.2, 0) is 16.6 Å². The average Bonchev–Trinajstić information content (AvgIpc) is 3.16. The van der Waals surface area contributed by atoms with Gasteiger partial charge in [0.25, 0.3) is 15.9 Å². The number of anilines is 1. The average molecular weight is 510 g/mol. The third kappa shape index (κ3) is 5.41. The molecule has 0 saturated heterocycles. The van der Waals surface area contributed by atoms with Crippen LogP contribution in [0.2, 0.25) is 0 Å². The zero-order chi connectivity index (χ0) is 25.2. The molecule has 0 bridgehead atoms. The number of rotatable bonds is 7. The van der Waals surface area contributed by atoms with E-state index in [4.69, 9.17) is 0 Å². The first kappa shape index (κ1) is 24.6. The predicted molar refractivity (Wildman–Crippen MR) is 138 cm³/mol. The number of sulfonamides is 1. The fourth-order valence-electron chi connectivity index (χ4n) is 3.50. The lowest BCUT2D eigenvalue weighted by Crippen LogP contribution is -2.16. The molecule has 0 unspecified atom stereocenters. The summed E-state index contributed by atoms with van der Waals surface area (Å²) in [6.07, 6.45) is 1.76. The minimum absolute atomic E-state index is 0.0637. The first-order valence-electron chi connectivity index (χ1n) is 10.9. The number of benzene rings is 3. The van der Waals surface area contributed by atoms with Crippen molar-refractivity contribution >= 4 is 43.2 Å². The standard InChI is InChI=1S/C26H24FN3O3S2/c1-4-15-30-23-14-7-19(17(2)3)16-24(23)34-26(30)28-25(31)18-5-10-21(11-6-18)29-35(32,33)22-12-8-20(27)9-13-22/h4-14,16-17,29H,1,15H2,2-3H3. The Morgan fingerprint density at radius 2 is 1.80 bits per heavy atom. The number of amides is 1. The van der Waals surface area contributed by atoms with E-state index < -0.39 is 21.7 Å². The summed E-state index contributed by atoms with van der Waals surface area (Å²) in [6.45, 7) is 8.58. The summed E-state index contributed by atoms with van der Waals surface area (Å²) >= 11 is 1.44. The number of halogens is 1. The van der Waals surface area contributed by atoms with Crippen LogP contribution in [0.4, 0.5) is 10.1 Å². The summed E-state index contributed by atoms with van der Waals surface area (Å²) in [4.78, 5) is 17.7. The molecule has 0 atom stereocenters. The van der Waals surface area contributed by atoms with Gasteiger partial charge in [0.1, 0.15) is 5.82 Å². The lowest BCUT2D eigenvalue weighted by molar-refractivity contribution is 0.0998. The molecule has 1 amide bonds. The molecule has 1 aromatic heterocycles. The first-order chi connectivity index (χ1) is 16.7. The monoisotopic (exact) mass is 509 g/mol. The number of carbonyl (C=O) groups excluding carboxylic acids is 1. The highest BCUT2D eigenvalue weighted by atomic mass is 32.2. The van der Waals surface area contributed by atoms with Gasteiger partial charge >= 0.3 is 0 Å². The lowest BCUT2D eigenvalue weighted by atomic mass is 10.0. The van der Waals surface area contributed by atoms with Crippen LogP contribution in [0.15, 0.2) is 89.3 Å². The number of fused-ring (bicyclic) bond motifs is 1. The fraction of sp³-hybridized carbons (Fsp3) is 0.154. The summed E-state index contributed by atoms with van der Waals surface area (Å²) in [5, 5.41) is 0. The molecule has 0 saturated carbocycles. The van der Waals surface area contributed by atoms with E-state index in [1.165, 1.54) is 53.3 Å². The SMILES string of the molecule is C=CCn1c(=NC(=O)c2ccc(NS(=O)(=O)c3ccc(F)cc3)cc2)sc2cc(C(C)C)ccc21. The normalized spacial score (nSPS) is 12.3. The summed E-state index contributed by atoms with van der Waals surface area (Å²) in [6, 6.07) is 16.8. The largest absolute Gasteiger partial charge is 0.312 e. The van der Waals surface area contributed by atoms with E-state index in [2.05, 4.69) is 42.3 Å². The smallest absolute Gasteiger partial charge is 0.279 e. The molecule has 1 heterocycles. The van der Waals surface area contributed by atoms with Gasteiger partial charge in [-0.25, -0.2) is 12.8 Å². The van der Waals surface area contributed by atoms with Gasteiger partial charge in [0.05, 0.1) is 15.1 Å². The molecule has 9 heteroatoms. The van der Waals surface area contributed by atoms with E-state index in [1.54, 1.807) is 6.08 Å². The van der Waals surface area contributed by atoms with Gasteiger partial charge in [-0.2, -0.15) is 4.99 Å². The van der Waals surface area contributed by atoms with Gasteiger partial charge < -0.3 is 4.57 Å². The third-order valence-electron chi connectivity index (χ3n) is 5.39. The number of nitrogens with zero attached hydrogens (tertiary/aromatic N) is 2. The molecule has 0 aliphatic carbocycles. The lowest BCUT2D eigenvalue weighted by Gasteiger charge is -2.08. The number of hydrogen-bond acceptors (Lipinski definition) is 4. The number of carbonyl (C=O) groups is 1. The minimum atomic E-state index is -3.88. The van der Waals surface area contributed by atoms with E-state index in [0.29, 0.717) is 22.8 Å². The molecular formula is C26H24FN3O3S2. The second-order valence-electron chi connectivity index (χ2n) is 8.22. The molecule has 0 aliphatic heterocycles. The Bertz CT molecular complexity index is 1570. The van der Waals surface area contributed by atoms with Gasteiger partial charge in [0, 0.05) is 17.8 Å². The molecule has 0 aliphatic rings. The molecule has 4 aromatic rings. The van der Waals surface area contributed by atoms with Gasteiger partial charge in [-0.15, -0.1) is 6.58 Å². The fourth-order valence-corrected chi connectivity index (χ4v) is 5.64. The topological polar surface area (TPSA) is 80.5 Å².